The number of anilines is 3. The van der Waals surface area contributed by atoms with E-state index in [9.17, 15) is 0 Å². The Kier molecular flexibility index (Phi) is 6.72. The second-order valence-electron chi connectivity index (χ2n) is 8.47. The molecular formula is C22H32N6OS. The number of piperidine rings is 2. The molecule has 0 aromatic carbocycles. The summed E-state index contributed by atoms with van der Waals surface area (Å²) in [5, 5.41) is 6.88. The van der Waals surface area contributed by atoms with Crippen molar-refractivity contribution in [2.45, 2.75) is 52.5 Å². The molecule has 1 atom stereocenters. The molecule has 2 N–H and O–H groups in total. The van der Waals surface area contributed by atoms with E-state index in [4.69, 9.17) is 26.6 Å². The molecule has 0 unspecified atom stereocenters. The average molecular weight is 429 g/mol. The molecule has 0 bridgehead atoms. The first kappa shape index (κ1) is 20.9. The van der Waals surface area contributed by atoms with Crippen LogP contribution in [0.15, 0.2) is 22.6 Å². The van der Waals surface area contributed by atoms with Crippen molar-refractivity contribution in [3.05, 3.63) is 29.7 Å². The first-order valence-corrected chi connectivity index (χ1v) is 11.5. The number of nitrogens with one attached hydrogen (secondary N) is 2. The van der Waals surface area contributed by atoms with Crippen molar-refractivity contribution in [3.8, 4) is 0 Å². The highest BCUT2D eigenvalue weighted by atomic mass is 32.1. The summed E-state index contributed by atoms with van der Waals surface area (Å²) in [5.74, 6) is 4.96. The molecule has 7 nitrogen and oxygen atoms in total. The Balaban J connectivity index is 1.49. The Morgan fingerprint density at radius 3 is 2.53 bits per heavy atom. The van der Waals surface area contributed by atoms with Gasteiger partial charge in [-0.15, -0.1) is 0 Å². The van der Waals surface area contributed by atoms with Crippen LogP contribution in [0.4, 0.5) is 17.6 Å². The monoisotopic (exact) mass is 428 g/mol. The van der Waals surface area contributed by atoms with Crippen molar-refractivity contribution in [2.75, 3.05) is 41.3 Å². The Morgan fingerprint density at radius 1 is 1.10 bits per heavy atom. The van der Waals surface area contributed by atoms with Gasteiger partial charge in [0.2, 0.25) is 5.95 Å². The van der Waals surface area contributed by atoms with E-state index < -0.39 is 0 Å². The highest BCUT2D eigenvalue weighted by Gasteiger charge is 2.21. The first-order valence-electron chi connectivity index (χ1n) is 11.1. The van der Waals surface area contributed by atoms with Crippen LogP contribution in [0.5, 0.6) is 0 Å². The summed E-state index contributed by atoms with van der Waals surface area (Å²) in [4.78, 5) is 14.4. The van der Waals surface area contributed by atoms with E-state index in [0.29, 0.717) is 23.5 Å². The maximum atomic E-state index is 5.60. The van der Waals surface area contributed by atoms with Crippen molar-refractivity contribution >= 4 is 34.9 Å². The quantitative estimate of drug-likeness (QED) is 0.690. The third kappa shape index (κ3) is 5.41. The fourth-order valence-electron chi connectivity index (χ4n) is 4.22. The predicted molar refractivity (Wildman–Crippen MR) is 125 cm³/mol. The SMILES string of the molecule is Cc1ccc(CNC(=S)Nc2nc(N3CCCCC3)cc(N3CCC[C@@H](C)C3)n2)o1. The van der Waals surface area contributed by atoms with E-state index in [-0.39, 0.29) is 0 Å². The topological polar surface area (TPSA) is 69.5 Å². The second-order valence-corrected chi connectivity index (χ2v) is 8.88. The molecule has 2 saturated heterocycles. The lowest BCUT2D eigenvalue weighted by molar-refractivity contribution is 0.444. The number of hydrogen-bond donors (Lipinski definition) is 2. The van der Waals surface area contributed by atoms with Gasteiger partial charge in [0.25, 0.3) is 0 Å². The average Bonchev–Trinajstić information content (AvgIpc) is 3.18. The molecular weight excluding hydrogens is 396 g/mol. The summed E-state index contributed by atoms with van der Waals surface area (Å²) in [7, 11) is 0. The highest BCUT2D eigenvalue weighted by Crippen LogP contribution is 2.27. The summed E-state index contributed by atoms with van der Waals surface area (Å²) < 4.78 is 5.60. The van der Waals surface area contributed by atoms with Crippen molar-refractivity contribution in [1.29, 1.82) is 0 Å². The van der Waals surface area contributed by atoms with Crippen molar-refractivity contribution < 1.29 is 4.42 Å². The number of hydrogen-bond acceptors (Lipinski definition) is 6. The van der Waals surface area contributed by atoms with E-state index in [1.165, 1.54) is 32.1 Å². The zero-order valence-corrected chi connectivity index (χ0v) is 18.8. The maximum Gasteiger partial charge on any atom is 0.232 e. The number of rotatable bonds is 5. The van der Waals surface area contributed by atoms with Gasteiger partial charge in [-0.25, -0.2) is 0 Å². The van der Waals surface area contributed by atoms with Crippen LogP contribution in [-0.4, -0.2) is 41.3 Å². The molecule has 2 aliphatic heterocycles. The molecule has 0 spiro atoms. The van der Waals surface area contributed by atoms with Crippen LogP contribution in [0, 0.1) is 12.8 Å². The smallest absolute Gasteiger partial charge is 0.232 e. The molecule has 0 saturated carbocycles. The standard InChI is InChI=1S/C22H32N6OS/c1-16-7-6-12-28(15-16)20-13-19(27-10-4-3-5-11-27)24-21(25-20)26-22(30)23-14-18-9-8-17(2)29-18/h8-9,13,16H,3-7,10-12,14-15H2,1-2H3,(H2,23,24,25,26,30)/t16-/m1/s1. The van der Waals surface area contributed by atoms with Gasteiger partial charge in [-0.3, -0.25) is 0 Å². The first-order chi connectivity index (χ1) is 14.6. The fourth-order valence-corrected chi connectivity index (χ4v) is 4.38. The number of aryl methyl sites for hydroxylation is 1. The summed E-state index contributed by atoms with van der Waals surface area (Å²) >= 11 is 5.49. The number of thiocarbonyl (C=S) groups is 1. The molecule has 0 aliphatic carbocycles. The predicted octanol–water partition coefficient (Wildman–Crippen LogP) is 4.09. The molecule has 2 aromatic heterocycles. The molecule has 2 aromatic rings. The molecule has 4 rings (SSSR count). The van der Waals surface area contributed by atoms with Crippen molar-refractivity contribution in [1.82, 2.24) is 15.3 Å². The molecule has 0 amide bonds. The number of furan rings is 1. The van der Waals surface area contributed by atoms with Crippen LogP contribution in [0.2, 0.25) is 0 Å². The summed E-state index contributed by atoms with van der Waals surface area (Å²) in [6, 6.07) is 6.05. The third-order valence-corrected chi connectivity index (χ3v) is 6.05. The zero-order chi connectivity index (χ0) is 20.9. The van der Waals surface area contributed by atoms with Crippen molar-refractivity contribution in [2.24, 2.45) is 5.92 Å². The van der Waals surface area contributed by atoms with Gasteiger partial charge in [0.05, 0.1) is 6.54 Å². The Bertz CT molecular complexity index is 863. The highest BCUT2D eigenvalue weighted by molar-refractivity contribution is 7.80. The van der Waals surface area contributed by atoms with Crippen LogP contribution in [0.1, 0.15) is 50.5 Å². The lowest BCUT2D eigenvalue weighted by Crippen LogP contribution is -2.36. The molecule has 2 fully saturated rings. The minimum Gasteiger partial charge on any atom is -0.465 e. The fraction of sp³-hybridized carbons (Fsp3) is 0.591. The lowest BCUT2D eigenvalue weighted by Gasteiger charge is -2.33. The zero-order valence-electron chi connectivity index (χ0n) is 18.0. The summed E-state index contributed by atoms with van der Waals surface area (Å²) in [6.45, 7) is 8.95. The van der Waals surface area contributed by atoms with E-state index >= 15 is 0 Å². The third-order valence-electron chi connectivity index (χ3n) is 5.80. The minimum absolute atomic E-state index is 0.498. The molecule has 8 heteroatoms. The minimum atomic E-state index is 0.498. The van der Waals surface area contributed by atoms with Gasteiger partial charge in [-0.2, -0.15) is 9.97 Å². The van der Waals surface area contributed by atoms with Crippen LogP contribution < -0.4 is 20.4 Å². The normalized spacial score (nSPS) is 19.6. The van der Waals surface area contributed by atoms with Gasteiger partial charge >= 0.3 is 0 Å². The largest absolute Gasteiger partial charge is 0.465 e. The molecule has 2 aliphatic rings. The van der Waals surface area contributed by atoms with Crippen LogP contribution >= 0.6 is 12.2 Å². The van der Waals surface area contributed by atoms with E-state index in [1.807, 2.05) is 19.1 Å². The van der Waals surface area contributed by atoms with Gasteiger partial charge < -0.3 is 24.9 Å². The van der Waals surface area contributed by atoms with Crippen molar-refractivity contribution in [3.63, 3.8) is 0 Å². The number of nitrogens with zero attached hydrogens (tertiary/aromatic N) is 4. The van der Waals surface area contributed by atoms with Crippen LogP contribution in [0.25, 0.3) is 0 Å². The lowest BCUT2D eigenvalue weighted by atomic mass is 10.0. The van der Waals surface area contributed by atoms with Crippen LogP contribution in [-0.2, 0) is 6.54 Å². The Labute approximate surface area is 184 Å². The Morgan fingerprint density at radius 2 is 1.83 bits per heavy atom. The van der Waals surface area contributed by atoms with Gasteiger partial charge in [-0.05, 0) is 69.3 Å². The molecule has 162 valence electrons. The maximum absolute atomic E-state index is 5.60. The van der Waals surface area contributed by atoms with E-state index in [2.05, 4.69) is 33.4 Å². The number of aromatic nitrogens is 2. The van der Waals surface area contributed by atoms with Gasteiger partial charge in [0, 0.05) is 32.2 Å². The second kappa shape index (κ2) is 9.64. The van der Waals surface area contributed by atoms with Crippen LogP contribution in [0.3, 0.4) is 0 Å². The van der Waals surface area contributed by atoms with Gasteiger partial charge in [-0.1, -0.05) is 6.92 Å². The molecule has 4 heterocycles. The summed E-state index contributed by atoms with van der Waals surface area (Å²) in [5.41, 5.74) is 0. The molecule has 0 radical (unpaired) electrons. The van der Waals surface area contributed by atoms with Gasteiger partial charge in [0.1, 0.15) is 23.2 Å². The Hall–Kier alpha value is -2.35. The molecule has 30 heavy (non-hydrogen) atoms. The van der Waals surface area contributed by atoms with E-state index in [1.54, 1.807) is 0 Å². The van der Waals surface area contributed by atoms with E-state index in [0.717, 1.165) is 49.3 Å². The summed E-state index contributed by atoms with van der Waals surface area (Å²) in [6.07, 6.45) is 6.21. The van der Waals surface area contributed by atoms with Gasteiger partial charge in [0.15, 0.2) is 5.11 Å².